The number of nitrogens with zero attached hydrogens (tertiary/aromatic N) is 2. The molecule has 1 aliphatic heterocycles. The average molecular weight is 268 g/mol. The van der Waals surface area contributed by atoms with E-state index in [1.54, 1.807) is 6.07 Å². The molecule has 2 heterocycles. The SMILES string of the molecule is CCN1CC2CC1C=C2c1ccc(C(F)(F)F)nc1. The third-order valence-corrected chi connectivity index (χ3v) is 4.06. The molecule has 0 saturated carbocycles. The number of rotatable bonds is 2. The second-order valence-corrected chi connectivity index (χ2v) is 5.14. The molecule has 102 valence electrons. The summed E-state index contributed by atoms with van der Waals surface area (Å²) < 4.78 is 37.4. The van der Waals surface area contributed by atoms with E-state index in [2.05, 4.69) is 22.9 Å². The van der Waals surface area contributed by atoms with Gasteiger partial charge in [-0.1, -0.05) is 19.1 Å². The topological polar surface area (TPSA) is 16.1 Å². The third-order valence-electron chi connectivity index (χ3n) is 4.06. The molecule has 0 aromatic carbocycles. The van der Waals surface area contributed by atoms with Crippen molar-refractivity contribution in [2.75, 3.05) is 13.1 Å². The number of likely N-dealkylation sites (tertiary alicyclic amines) is 1. The highest BCUT2D eigenvalue weighted by molar-refractivity contribution is 5.71. The fourth-order valence-electron chi connectivity index (χ4n) is 3.10. The van der Waals surface area contributed by atoms with Crippen molar-refractivity contribution >= 4 is 5.57 Å². The van der Waals surface area contributed by atoms with Crippen LogP contribution >= 0.6 is 0 Å². The number of hydrogen-bond donors (Lipinski definition) is 0. The molecule has 2 atom stereocenters. The summed E-state index contributed by atoms with van der Waals surface area (Å²) in [6, 6.07) is 3.06. The number of hydrogen-bond acceptors (Lipinski definition) is 2. The lowest BCUT2D eigenvalue weighted by Gasteiger charge is -2.24. The molecule has 1 fully saturated rings. The van der Waals surface area contributed by atoms with Gasteiger partial charge in [-0.25, -0.2) is 0 Å². The minimum Gasteiger partial charge on any atom is -0.297 e. The van der Waals surface area contributed by atoms with Crippen molar-refractivity contribution in [1.82, 2.24) is 9.88 Å². The summed E-state index contributed by atoms with van der Waals surface area (Å²) in [5.74, 6) is 0.448. The van der Waals surface area contributed by atoms with Crippen LogP contribution in [0.1, 0.15) is 24.6 Å². The zero-order chi connectivity index (χ0) is 13.6. The summed E-state index contributed by atoms with van der Waals surface area (Å²) in [5, 5.41) is 0. The van der Waals surface area contributed by atoms with Gasteiger partial charge in [-0.15, -0.1) is 0 Å². The Hall–Kier alpha value is -1.36. The van der Waals surface area contributed by atoms with Gasteiger partial charge in [-0.05, 0) is 36.1 Å². The summed E-state index contributed by atoms with van der Waals surface area (Å²) in [5.41, 5.74) is 1.17. The Morgan fingerprint density at radius 1 is 1.37 bits per heavy atom. The maximum absolute atomic E-state index is 12.5. The number of likely N-dealkylation sites (N-methyl/N-ethyl adjacent to an activating group) is 1. The molecule has 0 spiro atoms. The molecule has 2 aliphatic rings. The van der Waals surface area contributed by atoms with E-state index >= 15 is 0 Å². The molecular formula is C14H15F3N2. The van der Waals surface area contributed by atoms with Gasteiger partial charge < -0.3 is 0 Å². The molecule has 3 rings (SSSR count). The Morgan fingerprint density at radius 3 is 2.63 bits per heavy atom. The molecule has 1 aromatic rings. The number of aromatic nitrogens is 1. The Balaban J connectivity index is 1.84. The quantitative estimate of drug-likeness (QED) is 0.818. The summed E-state index contributed by atoms with van der Waals surface area (Å²) in [6.45, 7) is 4.16. The predicted molar refractivity (Wildman–Crippen MR) is 66.4 cm³/mol. The average Bonchev–Trinajstić information content (AvgIpc) is 2.97. The van der Waals surface area contributed by atoms with E-state index in [1.807, 2.05) is 0 Å². The molecular weight excluding hydrogens is 253 g/mol. The summed E-state index contributed by atoms with van der Waals surface area (Å²) >= 11 is 0. The fourth-order valence-corrected chi connectivity index (χ4v) is 3.10. The summed E-state index contributed by atoms with van der Waals surface area (Å²) in [4.78, 5) is 5.93. The van der Waals surface area contributed by atoms with Gasteiger partial charge in [0.25, 0.3) is 0 Å². The molecule has 0 amide bonds. The molecule has 1 saturated heterocycles. The molecule has 1 aromatic heterocycles. The Morgan fingerprint density at radius 2 is 2.16 bits per heavy atom. The normalized spacial score (nSPS) is 26.8. The monoisotopic (exact) mass is 268 g/mol. The van der Waals surface area contributed by atoms with Gasteiger partial charge in [0.2, 0.25) is 0 Å². The Bertz CT molecular complexity index is 504. The molecule has 19 heavy (non-hydrogen) atoms. The van der Waals surface area contributed by atoms with Crippen molar-refractivity contribution in [2.45, 2.75) is 25.6 Å². The van der Waals surface area contributed by atoms with Crippen LogP contribution in [0.15, 0.2) is 24.4 Å². The first kappa shape index (κ1) is 12.7. The number of pyridine rings is 1. The smallest absolute Gasteiger partial charge is 0.297 e. The second kappa shape index (κ2) is 4.34. The van der Waals surface area contributed by atoms with E-state index in [9.17, 15) is 13.2 Å². The largest absolute Gasteiger partial charge is 0.433 e. The first-order chi connectivity index (χ1) is 8.99. The first-order valence-electron chi connectivity index (χ1n) is 6.48. The number of alkyl halides is 3. The second-order valence-electron chi connectivity index (χ2n) is 5.14. The fraction of sp³-hybridized carbons (Fsp3) is 0.500. The van der Waals surface area contributed by atoms with E-state index in [4.69, 9.17) is 0 Å². The summed E-state index contributed by atoms with van der Waals surface area (Å²) in [7, 11) is 0. The zero-order valence-corrected chi connectivity index (χ0v) is 10.6. The summed E-state index contributed by atoms with van der Waals surface area (Å²) in [6.07, 6.45) is 0.262. The van der Waals surface area contributed by atoms with E-state index in [0.29, 0.717) is 12.0 Å². The van der Waals surface area contributed by atoms with Gasteiger partial charge in [0.1, 0.15) is 5.69 Å². The van der Waals surface area contributed by atoms with Crippen molar-refractivity contribution in [3.63, 3.8) is 0 Å². The van der Waals surface area contributed by atoms with Gasteiger partial charge in [0, 0.05) is 18.8 Å². The van der Waals surface area contributed by atoms with Crippen LogP contribution in [0.25, 0.3) is 5.57 Å². The zero-order valence-electron chi connectivity index (χ0n) is 10.6. The van der Waals surface area contributed by atoms with Crippen molar-refractivity contribution < 1.29 is 13.2 Å². The lowest BCUT2D eigenvalue weighted by molar-refractivity contribution is -0.141. The van der Waals surface area contributed by atoms with Crippen LogP contribution in [0.5, 0.6) is 0 Å². The van der Waals surface area contributed by atoms with Gasteiger partial charge in [-0.3, -0.25) is 9.88 Å². The Labute approximate surface area is 109 Å². The van der Waals surface area contributed by atoms with Crippen LogP contribution in [0, 0.1) is 5.92 Å². The standard InChI is InChI=1S/C14H15F3N2/c1-2-19-8-10-5-11(19)6-12(10)9-3-4-13(18-7-9)14(15,16)17/h3-4,6-7,10-11H,2,5,8H2,1H3. The number of halogens is 3. The molecule has 2 bridgehead atoms. The Kier molecular flexibility index (Phi) is 2.89. The van der Waals surface area contributed by atoms with Crippen LogP contribution in [-0.4, -0.2) is 29.0 Å². The highest BCUT2D eigenvalue weighted by atomic mass is 19.4. The van der Waals surface area contributed by atoms with Crippen LogP contribution < -0.4 is 0 Å². The minimum atomic E-state index is -4.36. The van der Waals surface area contributed by atoms with Crippen LogP contribution in [0.4, 0.5) is 13.2 Å². The predicted octanol–water partition coefficient (Wildman–Crippen LogP) is 3.21. The van der Waals surface area contributed by atoms with E-state index in [1.165, 1.54) is 6.20 Å². The molecule has 2 unspecified atom stereocenters. The van der Waals surface area contributed by atoms with Crippen LogP contribution in [0.2, 0.25) is 0 Å². The molecule has 0 radical (unpaired) electrons. The maximum Gasteiger partial charge on any atom is 0.433 e. The van der Waals surface area contributed by atoms with Crippen molar-refractivity contribution in [3.05, 3.63) is 35.7 Å². The van der Waals surface area contributed by atoms with E-state index in [0.717, 1.165) is 36.7 Å². The first-order valence-corrected chi connectivity index (χ1v) is 6.48. The maximum atomic E-state index is 12.5. The van der Waals surface area contributed by atoms with E-state index in [-0.39, 0.29) is 0 Å². The number of fused-ring (bicyclic) bond motifs is 2. The molecule has 0 N–H and O–H groups in total. The van der Waals surface area contributed by atoms with E-state index < -0.39 is 11.9 Å². The van der Waals surface area contributed by atoms with Gasteiger partial charge in [-0.2, -0.15) is 13.2 Å². The molecule has 2 nitrogen and oxygen atoms in total. The molecule has 1 aliphatic carbocycles. The highest BCUT2D eigenvalue weighted by Crippen LogP contribution is 2.42. The highest BCUT2D eigenvalue weighted by Gasteiger charge is 2.38. The van der Waals surface area contributed by atoms with Crippen LogP contribution in [-0.2, 0) is 6.18 Å². The van der Waals surface area contributed by atoms with Crippen LogP contribution in [0.3, 0.4) is 0 Å². The van der Waals surface area contributed by atoms with Crippen molar-refractivity contribution in [3.8, 4) is 0 Å². The lowest BCUT2D eigenvalue weighted by Crippen LogP contribution is -2.30. The van der Waals surface area contributed by atoms with Gasteiger partial charge in [0.15, 0.2) is 0 Å². The third kappa shape index (κ3) is 2.16. The van der Waals surface area contributed by atoms with Crippen molar-refractivity contribution in [1.29, 1.82) is 0 Å². The minimum absolute atomic E-state index is 0.448. The van der Waals surface area contributed by atoms with Gasteiger partial charge in [0.05, 0.1) is 0 Å². The van der Waals surface area contributed by atoms with Crippen molar-refractivity contribution in [2.24, 2.45) is 5.92 Å². The lowest BCUT2D eigenvalue weighted by atomic mass is 9.96. The van der Waals surface area contributed by atoms with Gasteiger partial charge >= 0.3 is 6.18 Å². The molecule has 5 heteroatoms.